The van der Waals surface area contributed by atoms with Crippen LogP contribution in [0.5, 0.6) is 0 Å². The van der Waals surface area contributed by atoms with Crippen LogP contribution in [-0.4, -0.2) is 33.3 Å². The summed E-state index contributed by atoms with van der Waals surface area (Å²) < 4.78 is 5.85. The number of aryl methyl sites for hydroxylation is 3. The Kier molecular flexibility index (Phi) is 4.31. The number of fused-ring (bicyclic) bond motifs is 1. The molecule has 25 heavy (non-hydrogen) atoms. The standard InChI is InChI=1S/C19H25N5O/c1-11-4-5-17-16(12(11)2)8-15(22-17)10-20-9-14-6-7-25-18(14)19-21-13(3)23-24-19/h4-5,8,14,18,20,22H,6-7,9-10H2,1-3H3,(H,21,23,24)/t14-,18-/m0/s1. The molecule has 6 nitrogen and oxygen atoms in total. The van der Waals surface area contributed by atoms with Crippen molar-refractivity contribution in [2.45, 2.75) is 39.8 Å². The molecule has 0 aliphatic carbocycles. The van der Waals surface area contributed by atoms with Crippen LogP contribution in [0.3, 0.4) is 0 Å². The lowest BCUT2D eigenvalue weighted by Gasteiger charge is -2.16. The van der Waals surface area contributed by atoms with E-state index in [0.717, 1.165) is 37.8 Å². The molecule has 3 N–H and O–H groups in total. The van der Waals surface area contributed by atoms with Gasteiger partial charge in [-0.3, -0.25) is 5.10 Å². The van der Waals surface area contributed by atoms with Crippen LogP contribution in [0.2, 0.25) is 0 Å². The molecule has 1 aliphatic heterocycles. The Morgan fingerprint density at radius 3 is 2.96 bits per heavy atom. The number of hydrogen-bond donors (Lipinski definition) is 3. The highest BCUT2D eigenvalue weighted by Gasteiger charge is 2.32. The molecule has 4 rings (SSSR count). The third-order valence-electron chi connectivity index (χ3n) is 5.20. The zero-order valence-corrected chi connectivity index (χ0v) is 15.0. The summed E-state index contributed by atoms with van der Waals surface area (Å²) in [5.41, 5.74) is 5.11. The van der Waals surface area contributed by atoms with Crippen LogP contribution in [0.15, 0.2) is 18.2 Å². The number of ether oxygens (including phenoxy) is 1. The van der Waals surface area contributed by atoms with E-state index in [4.69, 9.17) is 4.74 Å². The number of rotatable bonds is 5. The van der Waals surface area contributed by atoms with Crippen molar-refractivity contribution in [1.82, 2.24) is 25.5 Å². The predicted octanol–water partition coefficient (Wildman–Crippen LogP) is 3.08. The Morgan fingerprint density at radius 2 is 2.16 bits per heavy atom. The molecule has 3 aromatic rings. The van der Waals surface area contributed by atoms with Crippen molar-refractivity contribution in [3.8, 4) is 0 Å². The van der Waals surface area contributed by atoms with Gasteiger partial charge in [-0.2, -0.15) is 5.10 Å². The Hall–Kier alpha value is -2.18. The molecule has 6 heteroatoms. The normalized spacial score (nSPS) is 20.6. The third-order valence-corrected chi connectivity index (χ3v) is 5.20. The van der Waals surface area contributed by atoms with E-state index in [0.29, 0.717) is 5.92 Å². The van der Waals surface area contributed by atoms with Crippen molar-refractivity contribution in [2.24, 2.45) is 5.92 Å². The minimum atomic E-state index is -0.00921. The summed E-state index contributed by atoms with van der Waals surface area (Å²) in [5, 5.41) is 12.1. The number of H-pyrrole nitrogens is 2. The van der Waals surface area contributed by atoms with Crippen molar-refractivity contribution in [3.63, 3.8) is 0 Å². The van der Waals surface area contributed by atoms with Gasteiger partial charge < -0.3 is 15.0 Å². The Morgan fingerprint density at radius 1 is 1.28 bits per heavy atom. The highest BCUT2D eigenvalue weighted by Crippen LogP contribution is 2.32. The van der Waals surface area contributed by atoms with Gasteiger partial charge in [-0.15, -0.1) is 0 Å². The summed E-state index contributed by atoms with van der Waals surface area (Å²) in [4.78, 5) is 7.94. The predicted molar refractivity (Wildman–Crippen MR) is 97.4 cm³/mol. The van der Waals surface area contributed by atoms with Gasteiger partial charge in [0.15, 0.2) is 5.82 Å². The van der Waals surface area contributed by atoms with E-state index in [-0.39, 0.29) is 6.10 Å². The summed E-state index contributed by atoms with van der Waals surface area (Å²) in [7, 11) is 0. The van der Waals surface area contributed by atoms with Crippen LogP contribution in [0.1, 0.15) is 41.0 Å². The number of aromatic amines is 2. The fourth-order valence-electron chi connectivity index (χ4n) is 3.62. The van der Waals surface area contributed by atoms with E-state index in [1.165, 1.54) is 27.7 Å². The first-order valence-electron chi connectivity index (χ1n) is 8.91. The molecule has 1 aromatic carbocycles. The fourth-order valence-corrected chi connectivity index (χ4v) is 3.62. The molecule has 1 aliphatic rings. The number of hydrogen-bond acceptors (Lipinski definition) is 4. The van der Waals surface area contributed by atoms with Gasteiger partial charge >= 0.3 is 0 Å². The van der Waals surface area contributed by atoms with Crippen molar-refractivity contribution in [1.29, 1.82) is 0 Å². The Bertz CT molecular complexity index is 881. The molecule has 0 amide bonds. The molecule has 3 heterocycles. The summed E-state index contributed by atoms with van der Waals surface area (Å²) in [6.07, 6.45) is 1.03. The molecule has 0 radical (unpaired) electrons. The molecule has 2 aromatic heterocycles. The third kappa shape index (κ3) is 3.19. The SMILES string of the molecule is Cc1nc([C@H]2OCC[C@H]2CNCc2cc3c(C)c(C)ccc3[nH]2)n[nH]1. The Balaban J connectivity index is 1.39. The van der Waals surface area contributed by atoms with Crippen LogP contribution in [0.25, 0.3) is 10.9 Å². The van der Waals surface area contributed by atoms with Crippen molar-refractivity contribution in [3.05, 3.63) is 46.7 Å². The Labute approximate surface area is 147 Å². The van der Waals surface area contributed by atoms with E-state index in [1.54, 1.807) is 0 Å². The van der Waals surface area contributed by atoms with Crippen molar-refractivity contribution in [2.75, 3.05) is 13.2 Å². The van der Waals surface area contributed by atoms with Gasteiger partial charge in [0.25, 0.3) is 0 Å². The van der Waals surface area contributed by atoms with Gasteiger partial charge in [0, 0.05) is 42.2 Å². The first-order chi connectivity index (χ1) is 12.1. The van der Waals surface area contributed by atoms with E-state index >= 15 is 0 Å². The largest absolute Gasteiger partial charge is 0.370 e. The molecule has 1 saturated heterocycles. The summed E-state index contributed by atoms with van der Waals surface area (Å²) in [6, 6.07) is 6.59. The van der Waals surface area contributed by atoms with Gasteiger partial charge in [0.1, 0.15) is 11.9 Å². The monoisotopic (exact) mass is 339 g/mol. The molecule has 1 fully saturated rings. The molecule has 0 spiro atoms. The average Bonchev–Trinajstić information content (AvgIpc) is 3.30. The maximum atomic E-state index is 5.85. The van der Waals surface area contributed by atoms with Crippen LogP contribution >= 0.6 is 0 Å². The van der Waals surface area contributed by atoms with Gasteiger partial charge in [0.05, 0.1) is 0 Å². The average molecular weight is 339 g/mol. The zero-order valence-electron chi connectivity index (χ0n) is 15.0. The van der Waals surface area contributed by atoms with E-state index in [2.05, 4.69) is 57.5 Å². The second-order valence-corrected chi connectivity index (χ2v) is 7.01. The minimum Gasteiger partial charge on any atom is -0.370 e. The lowest BCUT2D eigenvalue weighted by atomic mass is 10.0. The lowest BCUT2D eigenvalue weighted by Crippen LogP contribution is -2.25. The van der Waals surface area contributed by atoms with E-state index in [9.17, 15) is 0 Å². The maximum absolute atomic E-state index is 5.85. The second-order valence-electron chi connectivity index (χ2n) is 7.01. The number of benzene rings is 1. The van der Waals surface area contributed by atoms with Crippen LogP contribution in [0, 0.1) is 26.7 Å². The first kappa shape index (κ1) is 16.3. The lowest BCUT2D eigenvalue weighted by molar-refractivity contribution is 0.0835. The van der Waals surface area contributed by atoms with Gasteiger partial charge in [-0.1, -0.05) is 6.07 Å². The molecule has 0 unspecified atom stereocenters. The maximum Gasteiger partial charge on any atom is 0.179 e. The molecular formula is C19H25N5O. The van der Waals surface area contributed by atoms with E-state index < -0.39 is 0 Å². The topological polar surface area (TPSA) is 78.6 Å². The molecule has 0 bridgehead atoms. The van der Waals surface area contributed by atoms with E-state index in [1.807, 2.05) is 6.92 Å². The highest BCUT2D eigenvalue weighted by molar-refractivity contribution is 5.84. The van der Waals surface area contributed by atoms with Crippen LogP contribution in [0.4, 0.5) is 0 Å². The number of aromatic nitrogens is 4. The summed E-state index contributed by atoms with van der Waals surface area (Å²) in [6.45, 7) is 8.75. The highest BCUT2D eigenvalue weighted by atomic mass is 16.5. The van der Waals surface area contributed by atoms with Crippen molar-refractivity contribution >= 4 is 10.9 Å². The van der Waals surface area contributed by atoms with Crippen molar-refractivity contribution < 1.29 is 4.74 Å². The number of nitrogens with one attached hydrogen (secondary N) is 3. The van der Waals surface area contributed by atoms with Gasteiger partial charge in [0.2, 0.25) is 0 Å². The molecule has 132 valence electrons. The quantitative estimate of drug-likeness (QED) is 0.667. The summed E-state index contributed by atoms with van der Waals surface area (Å²) >= 11 is 0. The number of nitrogens with zero attached hydrogens (tertiary/aromatic N) is 2. The fraction of sp³-hybridized carbons (Fsp3) is 0.474. The van der Waals surface area contributed by atoms with Gasteiger partial charge in [-0.25, -0.2) is 4.98 Å². The molecule has 0 saturated carbocycles. The van der Waals surface area contributed by atoms with Gasteiger partial charge in [-0.05, 0) is 50.5 Å². The minimum absolute atomic E-state index is 0.00921. The van der Waals surface area contributed by atoms with Crippen LogP contribution < -0.4 is 5.32 Å². The molecular weight excluding hydrogens is 314 g/mol. The summed E-state index contributed by atoms with van der Waals surface area (Å²) in [5.74, 6) is 2.02. The van der Waals surface area contributed by atoms with Crippen LogP contribution in [-0.2, 0) is 11.3 Å². The zero-order chi connectivity index (χ0) is 17.4. The molecule has 2 atom stereocenters. The second kappa shape index (κ2) is 6.61. The smallest absolute Gasteiger partial charge is 0.179 e. The first-order valence-corrected chi connectivity index (χ1v) is 8.91.